The number of aliphatic carboxylic acids is 1. The third kappa shape index (κ3) is 16.9. The van der Waals surface area contributed by atoms with Crippen LogP contribution in [0.2, 0.25) is 0 Å². The number of carbonyl (C=O) groups excluding carboxylic acids is 7. The Balaban J connectivity index is 1.71. The van der Waals surface area contributed by atoms with Crippen molar-refractivity contribution < 1.29 is 58.6 Å². The van der Waals surface area contributed by atoms with Crippen LogP contribution in [0.1, 0.15) is 69.1 Å². The van der Waals surface area contributed by atoms with E-state index in [1.54, 1.807) is 13.8 Å². The Kier molecular flexibility index (Phi) is 20.6. The van der Waals surface area contributed by atoms with Gasteiger partial charge in [-0.25, -0.2) is 4.79 Å². The van der Waals surface area contributed by atoms with E-state index < -0.39 is 94.4 Å². The van der Waals surface area contributed by atoms with Crippen molar-refractivity contribution in [2.75, 3.05) is 12.3 Å². The van der Waals surface area contributed by atoms with Gasteiger partial charge in [-0.2, -0.15) is 12.6 Å². The molecule has 0 bridgehead atoms. The average molecular weight is 963 g/mol. The van der Waals surface area contributed by atoms with Gasteiger partial charge in [-0.05, 0) is 66.1 Å². The minimum Gasteiger partial charge on any atom is -0.508 e. The molecule has 1 fully saturated rings. The van der Waals surface area contributed by atoms with E-state index in [1.165, 1.54) is 72.8 Å². The van der Waals surface area contributed by atoms with Gasteiger partial charge in [0, 0.05) is 56.5 Å². The molecule has 3 aromatic rings. The maximum atomic E-state index is 14.5. The lowest BCUT2D eigenvalue weighted by Crippen LogP contribution is -2.61. The molecule has 0 saturated carbocycles. The summed E-state index contributed by atoms with van der Waals surface area (Å²) in [5, 5.41) is 59.5. The first-order valence-electron chi connectivity index (χ1n) is 22.1. The second-order valence-corrected chi connectivity index (χ2v) is 16.8. The lowest BCUT2D eigenvalue weighted by atomic mass is 9.96. The van der Waals surface area contributed by atoms with Gasteiger partial charge in [-0.1, -0.05) is 56.7 Å². The van der Waals surface area contributed by atoms with Gasteiger partial charge in [0.15, 0.2) is 0 Å². The number of hydrogen-bond acceptors (Lipinski definition) is 13. The molecule has 1 unspecified atom stereocenters. The molecule has 7 atom stereocenters. The fraction of sp³-hybridized carbons (Fsp3) is 0.435. The molecule has 1 aliphatic rings. The molecule has 68 heavy (non-hydrogen) atoms. The zero-order valence-electron chi connectivity index (χ0n) is 37.6. The molecule has 10 N–H and O–H groups in total. The van der Waals surface area contributed by atoms with E-state index in [0.29, 0.717) is 23.1 Å². The number of phenols is 2. The number of amides is 7. The van der Waals surface area contributed by atoms with Crippen LogP contribution in [0, 0.1) is 16.0 Å². The molecule has 4 rings (SSSR count). The van der Waals surface area contributed by atoms with Crippen molar-refractivity contribution in [2.24, 2.45) is 5.92 Å². The summed E-state index contributed by atoms with van der Waals surface area (Å²) in [5.74, 6) is -7.52. The highest BCUT2D eigenvalue weighted by molar-refractivity contribution is 7.80. The molecule has 3 aromatic carbocycles. The Morgan fingerprint density at radius 3 is 1.87 bits per heavy atom. The number of phenolic OH excluding ortho intramolecular Hbond substituents is 2. The van der Waals surface area contributed by atoms with E-state index in [4.69, 9.17) is 0 Å². The fourth-order valence-electron chi connectivity index (χ4n) is 7.12. The number of aromatic hydroxyl groups is 2. The summed E-state index contributed by atoms with van der Waals surface area (Å²) in [6.07, 6.45) is -0.375. The minimum atomic E-state index is -1.52. The van der Waals surface area contributed by atoms with Crippen molar-refractivity contribution in [3.05, 3.63) is 99.6 Å². The lowest BCUT2D eigenvalue weighted by molar-refractivity contribution is -0.384. The van der Waals surface area contributed by atoms with E-state index in [-0.39, 0.29) is 80.9 Å². The van der Waals surface area contributed by atoms with Gasteiger partial charge in [-0.15, -0.1) is 0 Å². The summed E-state index contributed by atoms with van der Waals surface area (Å²) in [4.78, 5) is 119. The number of carboxylic acids is 1. The second-order valence-electron chi connectivity index (χ2n) is 16.5. The summed E-state index contributed by atoms with van der Waals surface area (Å²) in [6.45, 7) is 3.57. The Hall–Kier alpha value is -7.23. The molecule has 7 amide bonds. The number of nitro benzene ring substituents is 1. The summed E-state index contributed by atoms with van der Waals surface area (Å²) in [7, 11) is 0. The predicted octanol–water partition coefficient (Wildman–Crippen LogP) is 1.08. The highest BCUT2D eigenvalue weighted by Gasteiger charge is 2.35. The summed E-state index contributed by atoms with van der Waals surface area (Å²) < 4.78 is 0. The minimum absolute atomic E-state index is 0.0661. The lowest BCUT2D eigenvalue weighted by Gasteiger charge is -2.29. The maximum absolute atomic E-state index is 14.5. The number of carboxylic acid groups (broad SMARTS) is 1. The first-order chi connectivity index (χ1) is 32.4. The van der Waals surface area contributed by atoms with Gasteiger partial charge >= 0.3 is 5.97 Å². The van der Waals surface area contributed by atoms with Crippen LogP contribution in [0.15, 0.2) is 72.8 Å². The zero-order valence-corrected chi connectivity index (χ0v) is 38.5. The van der Waals surface area contributed by atoms with Crippen molar-refractivity contribution in [1.82, 2.24) is 37.2 Å². The number of thiol groups is 1. The van der Waals surface area contributed by atoms with Crippen molar-refractivity contribution in [1.29, 1.82) is 0 Å². The van der Waals surface area contributed by atoms with Crippen LogP contribution in [0.5, 0.6) is 11.5 Å². The molecule has 366 valence electrons. The number of nitrogens with one attached hydrogen (secondary N) is 7. The van der Waals surface area contributed by atoms with Crippen LogP contribution in [0.4, 0.5) is 5.69 Å². The van der Waals surface area contributed by atoms with E-state index in [2.05, 4.69) is 49.8 Å². The third-order valence-corrected chi connectivity index (χ3v) is 11.7. The van der Waals surface area contributed by atoms with E-state index in [1.807, 2.05) is 0 Å². The molecule has 1 aliphatic heterocycles. The van der Waals surface area contributed by atoms with Crippen LogP contribution in [0.3, 0.4) is 0 Å². The number of nitro groups is 1. The van der Waals surface area contributed by atoms with Crippen LogP contribution >= 0.6 is 12.6 Å². The zero-order chi connectivity index (χ0) is 49.9. The predicted molar refractivity (Wildman–Crippen MR) is 249 cm³/mol. The molecule has 0 aliphatic carbocycles. The van der Waals surface area contributed by atoms with Gasteiger partial charge in [0.25, 0.3) is 5.69 Å². The number of non-ortho nitro benzene ring substituents is 1. The second kappa shape index (κ2) is 26.2. The van der Waals surface area contributed by atoms with Crippen LogP contribution < -0.4 is 37.2 Å². The SMILES string of the molecule is CCC(C)[C@@H]1NC(=O)[C@H](CS)NC(=O)CCC(=O)NCCCC[C@@H](C(=O)N[C@@H](Cc2ccc([N+](=O)[O-])cc2)C(=O)N[C@@H](Cc2ccc(O)cc2)C(=O)O)NC(=O)[C@H](Cc2ccc(O)cc2)NC1=O. The van der Waals surface area contributed by atoms with Gasteiger partial charge in [-0.3, -0.25) is 43.7 Å². The maximum Gasteiger partial charge on any atom is 0.326 e. The molecule has 1 saturated heterocycles. The van der Waals surface area contributed by atoms with Crippen LogP contribution in [0.25, 0.3) is 0 Å². The summed E-state index contributed by atoms with van der Waals surface area (Å²) >= 11 is 4.21. The monoisotopic (exact) mass is 962 g/mol. The number of benzene rings is 3. The molecule has 0 radical (unpaired) electrons. The van der Waals surface area contributed by atoms with Gasteiger partial charge < -0.3 is 52.5 Å². The molecule has 0 spiro atoms. The quantitative estimate of drug-likeness (QED) is 0.0578. The number of nitrogens with zero attached hydrogens (tertiary/aromatic N) is 1. The number of hydrogen-bond donors (Lipinski definition) is 11. The molecule has 21 nitrogen and oxygen atoms in total. The first-order valence-corrected chi connectivity index (χ1v) is 22.7. The third-order valence-electron chi connectivity index (χ3n) is 11.3. The van der Waals surface area contributed by atoms with E-state index in [9.17, 15) is 63.8 Å². The normalized spacial score (nSPS) is 20.4. The van der Waals surface area contributed by atoms with Gasteiger partial charge in [0.05, 0.1) is 4.92 Å². The smallest absolute Gasteiger partial charge is 0.326 e. The van der Waals surface area contributed by atoms with E-state index in [0.717, 1.165) is 0 Å². The Morgan fingerprint density at radius 2 is 1.29 bits per heavy atom. The molecule has 0 aromatic heterocycles. The Labute approximate surface area is 397 Å². The highest BCUT2D eigenvalue weighted by Crippen LogP contribution is 2.17. The molecule has 22 heteroatoms. The average Bonchev–Trinajstić information content (AvgIpc) is 3.31. The Bertz CT molecular complexity index is 2260. The van der Waals surface area contributed by atoms with Crippen LogP contribution in [-0.4, -0.2) is 116 Å². The molecular weight excluding hydrogens is 905 g/mol. The van der Waals surface area contributed by atoms with Crippen LogP contribution in [-0.2, 0) is 57.6 Å². The molecular formula is C46H58N8O13S. The Morgan fingerprint density at radius 1 is 0.735 bits per heavy atom. The molecule has 1 heterocycles. The number of rotatable bonds is 15. The largest absolute Gasteiger partial charge is 0.508 e. The fourth-order valence-corrected chi connectivity index (χ4v) is 7.38. The highest BCUT2D eigenvalue weighted by atomic mass is 32.1. The van der Waals surface area contributed by atoms with E-state index >= 15 is 0 Å². The van der Waals surface area contributed by atoms with Crippen molar-refractivity contribution >= 4 is 65.6 Å². The number of carbonyl (C=O) groups is 8. The van der Waals surface area contributed by atoms with Crippen molar-refractivity contribution in [3.8, 4) is 11.5 Å². The van der Waals surface area contributed by atoms with Gasteiger partial charge in [0.1, 0.15) is 47.8 Å². The topological polar surface area (TPSA) is 325 Å². The first kappa shape index (κ1) is 53.4. The van der Waals surface area contributed by atoms with Crippen molar-refractivity contribution in [2.45, 2.75) is 108 Å². The van der Waals surface area contributed by atoms with Crippen molar-refractivity contribution in [3.63, 3.8) is 0 Å². The summed E-state index contributed by atoms with van der Waals surface area (Å²) in [6, 6.07) is 8.24. The summed E-state index contributed by atoms with van der Waals surface area (Å²) in [5.41, 5.74) is 1.03. The van der Waals surface area contributed by atoms with Gasteiger partial charge in [0.2, 0.25) is 41.4 Å². The standard InChI is InChI=1S/C46H58N8O13S/c1-3-26(2)40-45(63)51-35(23-28-9-15-31(55)16-10-28)42(60)49-33(6-4-5-21-47-38(57)19-20-39(58)48-37(25-68)44(62)53-40)41(59)50-34(22-27-7-13-30(14-8-27)54(66)67)43(61)52-36(46(64)65)24-29-11-17-32(56)18-12-29/h7-18,26,33-37,40,55-56,68H,3-6,19-25H2,1-2H3,(H,47,57)(H,48,58)(H,49,60)(H,50,59)(H,51,63)(H,52,61)(H,53,62)(H,64,65)/t26?,33-,34-,35-,36-,37-,40-/m0/s1.